The van der Waals surface area contributed by atoms with E-state index < -0.39 is 0 Å². The molecule has 0 aliphatic rings. The van der Waals surface area contributed by atoms with E-state index in [2.05, 4.69) is 24.1 Å². The van der Waals surface area contributed by atoms with Crippen molar-refractivity contribution >= 4 is 22.9 Å². The molecule has 0 saturated heterocycles. The van der Waals surface area contributed by atoms with Gasteiger partial charge in [-0.2, -0.15) is 0 Å². The van der Waals surface area contributed by atoms with Gasteiger partial charge in [0.15, 0.2) is 0 Å². The minimum Gasteiger partial charge on any atom is -0.378 e. The average molecular weight is 329 g/mol. The van der Waals surface area contributed by atoms with E-state index in [9.17, 15) is 4.39 Å². The monoisotopic (exact) mass is 328 g/mol. The molecular weight excluding hydrogens is 311 g/mol. The third-order valence-corrected chi connectivity index (χ3v) is 4.34. The van der Waals surface area contributed by atoms with Crippen molar-refractivity contribution in [1.29, 1.82) is 0 Å². The molecule has 1 aromatic carbocycles. The lowest BCUT2D eigenvalue weighted by atomic mass is 10.2. The van der Waals surface area contributed by atoms with E-state index in [4.69, 9.17) is 16.3 Å². The second-order valence-electron chi connectivity index (χ2n) is 4.98. The lowest BCUT2D eigenvalue weighted by molar-refractivity contribution is 0.181. The van der Waals surface area contributed by atoms with Crippen molar-refractivity contribution in [2.24, 2.45) is 0 Å². The normalized spacial score (nSPS) is 11.3. The average Bonchev–Trinajstić information content (AvgIpc) is 2.80. The lowest BCUT2D eigenvalue weighted by Gasteiger charge is -2.07. The predicted octanol–water partition coefficient (Wildman–Crippen LogP) is 4.25. The van der Waals surface area contributed by atoms with Crippen molar-refractivity contribution in [3.05, 3.63) is 39.6 Å². The first-order valence-corrected chi connectivity index (χ1v) is 7.87. The van der Waals surface area contributed by atoms with Crippen LogP contribution in [-0.4, -0.2) is 18.1 Å². The van der Waals surface area contributed by atoms with Crippen LogP contribution in [0.2, 0.25) is 5.02 Å². The Morgan fingerprint density at radius 3 is 2.81 bits per heavy atom. The zero-order valence-corrected chi connectivity index (χ0v) is 13.8. The Bertz CT molecular complexity index is 616. The molecule has 3 nitrogen and oxygen atoms in total. The first-order valence-electron chi connectivity index (χ1n) is 6.67. The third-order valence-electron chi connectivity index (χ3n) is 2.89. The summed E-state index contributed by atoms with van der Waals surface area (Å²) >= 11 is 7.66. The van der Waals surface area contributed by atoms with Gasteiger partial charge in [0, 0.05) is 30.1 Å². The summed E-state index contributed by atoms with van der Waals surface area (Å²) in [6, 6.07) is 4.75. The largest absolute Gasteiger partial charge is 0.378 e. The van der Waals surface area contributed by atoms with Crippen molar-refractivity contribution in [2.75, 3.05) is 7.11 Å². The summed E-state index contributed by atoms with van der Waals surface area (Å²) < 4.78 is 18.3. The molecule has 0 aliphatic heterocycles. The molecule has 2 aromatic rings. The fraction of sp³-hybridized carbons (Fsp3) is 0.400. The van der Waals surface area contributed by atoms with Gasteiger partial charge in [0.2, 0.25) is 0 Å². The Hall–Kier alpha value is -1.01. The number of aromatic nitrogens is 1. The number of methoxy groups -OCH3 is 1. The quantitative estimate of drug-likeness (QED) is 0.861. The Morgan fingerprint density at radius 1 is 1.43 bits per heavy atom. The predicted molar refractivity (Wildman–Crippen MR) is 85.2 cm³/mol. The second-order valence-corrected chi connectivity index (χ2v) is 6.47. The number of benzene rings is 1. The molecule has 0 unspecified atom stereocenters. The highest BCUT2D eigenvalue weighted by Gasteiger charge is 2.15. The summed E-state index contributed by atoms with van der Waals surface area (Å²) in [6.45, 7) is 5.36. The highest BCUT2D eigenvalue weighted by molar-refractivity contribution is 7.15. The molecule has 0 amide bonds. The minimum absolute atomic E-state index is 0.348. The maximum atomic E-state index is 13.1. The summed E-state index contributed by atoms with van der Waals surface area (Å²) in [6.07, 6.45) is 0. The van der Waals surface area contributed by atoms with Crippen LogP contribution in [0.4, 0.5) is 4.39 Å². The van der Waals surface area contributed by atoms with E-state index >= 15 is 0 Å². The summed E-state index contributed by atoms with van der Waals surface area (Å²) in [7, 11) is 1.64. The molecule has 21 heavy (non-hydrogen) atoms. The highest BCUT2D eigenvalue weighted by atomic mass is 35.5. The van der Waals surface area contributed by atoms with E-state index in [1.54, 1.807) is 24.5 Å². The molecule has 6 heteroatoms. The molecule has 0 fully saturated rings. The van der Waals surface area contributed by atoms with Gasteiger partial charge in [-0.3, -0.25) is 0 Å². The number of nitrogens with one attached hydrogen (secondary N) is 1. The van der Waals surface area contributed by atoms with Gasteiger partial charge in [0.1, 0.15) is 10.8 Å². The molecule has 0 atom stereocenters. The topological polar surface area (TPSA) is 34.1 Å². The molecule has 1 N–H and O–H groups in total. The number of ether oxygens (including phenoxy) is 1. The summed E-state index contributed by atoms with van der Waals surface area (Å²) in [5.41, 5.74) is 1.64. The zero-order chi connectivity index (χ0) is 15.4. The van der Waals surface area contributed by atoms with E-state index in [1.165, 1.54) is 12.1 Å². The Morgan fingerprint density at radius 2 is 2.19 bits per heavy atom. The fourth-order valence-corrected chi connectivity index (χ4v) is 3.21. The number of rotatable bonds is 6. The number of hydrogen-bond donors (Lipinski definition) is 1. The van der Waals surface area contributed by atoms with Crippen LogP contribution in [0.1, 0.15) is 24.4 Å². The van der Waals surface area contributed by atoms with Gasteiger partial charge < -0.3 is 10.1 Å². The van der Waals surface area contributed by atoms with Crippen LogP contribution < -0.4 is 5.32 Å². The van der Waals surface area contributed by atoms with E-state index in [0.717, 1.165) is 27.7 Å². The Kier molecular flexibility index (Phi) is 5.70. The molecule has 1 aromatic heterocycles. The number of halogens is 2. The van der Waals surface area contributed by atoms with Crippen molar-refractivity contribution in [1.82, 2.24) is 10.3 Å². The zero-order valence-electron chi connectivity index (χ0n) is 12.2. The van der Waals surface area contributed by atoms with Crippen LogP contribution in [0.3, 0.4) is 0 Å². The van der Waals surface area contributed by atoms with Gasteiger partial charge in [0.05, 0.1) is 17.3 Å². The highest BCUT2D eigenvalue weighted by Crippen LogP contribution is 2.33. The molecule has 1 heterocycles. The molecule has 2 rings (SSSR count). The molecule has 0 radical (unpaired) electrons. The van der Waals surface area contributed by atoms with Crippen molar-refractivity contribution in [3.8, 4) is 10.6 Å². The van der Waals surface area contributed by atoms with E-state index in [1.807, 2.05) is 0 Å². The SMILES string of the molecule is COCc1nc(-c2ccc(F)cc2Cl)sc1CNC(C)C. The lowest BCUT2D eigenvalue weighted by Crippen LogP contribution is -2.21. The minimum atomic E-state index is -0.348. The summed E-state index contributed by atoms with van der Waals surface area (Å²) in [4.78, 5) is 5.70. The first-order chi connectivity index (χ1) is 10.0. The van der Waals surface area contributed by atoms with Crippen LogP contribution in [0.5, 0.6) is 0 Å². The Balaban J connectivity index is 2.33. The smallest absolute Gasteiger partial charge is 0.125 e. The second kappa shape index (κ2) is 7.31. The number of hydrogen-bond acceptors (Lipinski definition) is 4. The van der Waals surface area contributed by atoms with Crippen LogP contribution in [-0.2, 0) is 17.9 Å². The molecule has 0 saturated carbocycles. The van der Waals surface area contributed by atoms with Gasteiger partial charge in [-0.05, 0) is 18.2 Å². The summed E-state index contributed by atoms with van der Waals surface area (Å²) in [5, 5.41) is 4.53. The molecular formula is C15H18ClFN2OS. The van der Waals surface area contributed by atoms with Gasteiger partial charge in [-0.1, -0.05) is 25.4 Å². The van der Waals surface area contributed by atoms with Gasteiger partial charge in [0.25, 0.3) is 0 Å². The molecule has 0 aliphatic carbocycles. The summed E-state index contributed by atoms with van der Waals surface area (Å²) in [5.74, 6) is -0.348. The van der Waals surface area contributed by atoms with Gasteiger partial charge >= 0.3 is 0 Å². The van der Waals surface area contributed by atoms with Gasteiger partial charge in [-0.15, -0.1) is 11.3 Å². The maximum Gasteiger partial charge on any atom is 0.125 e. The molecule has 0 spiro atoms. The van der Waals surface area contributed by atoms with E-state index in [-0.39, 0.29) is 5.82 Å². The van der Waals surface area contributed by atoms with Crippen LogP contribution in [0.15, 0.2) is 18.2 Å². The standard InChI is InChI=1S/C15H18ClFN2OS/c1-9(2)18-7-14-13(8-20-3)19-15(21-14)11-5-4-10(17)6-12(11)16/h4-6,9,18H,7-8H2,1-3H3. The van der Waals surface area contributed by atoms with Crippen LogP contribution in [0.25, 0.3) is 10.6 Å². The van der Waals surface area contributed by atoms with Crippen LogP contribution >= 0.6 is 22.9 Å². The number of thiazole rings is 1. The van der Waals surface area contributed by atoms with Crippen molar-refractivity contribution < 1.29 is 9.13 Å². The first kappa shape index (κ1) is 16.4. The van der Waals surface area contributed by atoms with Crippen molar-refractivity contribution in [2.45, 2.75) is 33.0 Å². The van der Waals surface area contributed by atoms with E-state index in [0.29, 0.717) is 17.7 Å². The molecule has 114 valence electrons. The molecule has 0 bridgehead atoms. The third kappa shape index (κ3) is 4.23. The maximum absolute atomic E-state index is 13.1. The van der Waals surface area contributed by atoms with Crippen LogP contribution in [0, 0.1) is 5.82 Å². The fourth-order valence-electron chi connectivity index (χ4n) is 1.85. The van der Waals surface area contributed by atoms with Crippen molar-refractivity contribution in [3.63, 3.8) is 0 Å². The number of nitrogens with zero attached hydrogens (tertiary/aromatic N) is 1. The van der Waals surface area contributed by atoms with Gasteiger partial charge in [-0.25, -0.2) is 9.37 Å². The Labute approximate surface area is 133 Å².